The van der Waals surface area contributed by atoms with Gasteiger partial charge in [-0.1, -0.05) is 11.6 Å². The smallest absolute Gasteiger partial charge is 0.0406 e. The molecular formula is C13H20Cl2N2S. The lowest BCUT2D eigenvalue weighted by Gasteiger charge is -2.33. The van der Waals surface area contributed by atoms with Crippen LogP contribution in [-0.2, 0) is 0 Å². The maximum absolute atomic E-state index is 5.86. The first-order valence-corrected chi connectivity index (χ1v) is 7.45. The van der Waals surface area contributed by atoms with Crippen LogP contribution in [0.15, 0.2) is 29.2 Å². The molecule has 1 atom stereocenters. The molecular weight excluding hydrogens is 287 g/mol. The van der Waals surface area contributed by atoms with Gasteiger partial charge < -0.3 is 5.32 Å². The monoisotopic (exact) mass is 306 g/mol. The molecule has 1 fully saturated rings. The van der Waals surface area contributed by atoms with Crippen molar-refractivity contribution in [1.29, 1.82) is 0 Å². The van der Waals surface area contributed by atoms with E-state index in [0.717, 1.165) is 30.4 Å². The predicted molar refractivity (Wildman–Crippen MR) is 83.3 cm³/mol. The molecule has 1 saturated heterocycles. The van der Waals surface area contributed by atoms with Gasteiger partial charge in [0.2, 0.25) is 0 Å². The maximum atomic E-state index is 5.86. The van der Waals surface area contributed by atoms with E-state index < -0.39 is 0 Å². The molecule has 0 saturated carbocycles. The first-order chi connectivity index (χ1) is 8.25. The lowest BCUT2D eigenvalue weighted by atomic mass is 10.2. The highest BCUT2D eigenvalue weighted by Gasteiger charge is 2.16. The predicted octanol–water partition coefficient (Wildman–Crippen LogP) is 3.15. The Morgan fingerprint density at radius 2 is 2.11 bits per heavy atom. The summed E-state index contributed by atoms with van der Waals surface area (Å²) in [5, 5.41) is 4.23. The lowest BCUT2D eigenvalue weighted by molar-refractivity contribution is 0.185. The van der Waals surface area contributed by atoms with Crippen molar-refractivity contribution in [3.63, 3.8) is 0 Å². The highest BCUT2D eigenvalue weighted by atomic mass is 35.5. The fourth-order valence-electron chi connectivity index (χ4n) is 2.03. The largest absolute Gasteiger partial charge is 0.314 e. The van der Waals surface area contributed by atoms with Crippen LogP contribution in [0.2, 0.25) is 5.02 Å². The Bertz CT molecular complexity index is 345. The quantitative estimate of drug-likeness (QED) is 0.860. The van der Waals surface area contributed by atoms with E-state index in [2.05, 4.69) is 29.3 Å². The van der Waals surface area contributed by atoms with Gasteiger partial charge in [0.1, 0.15) is 0 Å². The molecule has 0 bridgehead atoms. The van der Waals surface area contributed by atoms with E-state index in [9.17, 15) is 0 Å². The molecule has 0 aliphatic carbocycles. The summed E-state index contributed by atoms with van der Waals surface area (Å²) in [6.07, 6.45) is 0. The van der Waals surface area contributed by atoms with Crippen molar-refractivity contribution < 1.29 is 0 Å². The third kappa shape index (κ3) is 4.98. The Balaban J connectivity index is 0.00000162. The van der Waals surface area contributed by atoms with E-state index in [4.69, 9.17) is 11.6 Å². The van der Waals surface area contributed by atoms with Gasteiger partial charge in [0.15, 0.2) is 0 Å². The standard InChI is InChI=1S/C13H19ClN2S.ClH/c1-11-10-15-6-7-16(11)8-9-17-13-4-2-12(14)3-5-13;/h2-5,11,15H,6-10H2,1H3;1H/t11-;/m0./s1. The Morgan fingerprint density at radius 1 is 1.39 bits per heavy atom. The number of piperazine rings is 1. The van der Waals surface area contributed by atoms with Crippen LogP contribution < -0.4 is 5.32 Å². The molecule has 1 aromatic carbocycles. The van der Waals surface area contributed by atoms with Crippen LogP contribution in [0.1, 0.15) is 6.92 Å². The summed E-state index contributed by atoms with van der Waals surface area (Å²) < 4.78 is 0. The van der Waals surface area contributed by atoms with Gasteiger partial charge in [0.05, 0.1) is 0 Å². The van der Waals surface area contributed by atoms with Crippen molar-refractivity contribution in [2.24, 2.45) is 0 Å². The van der Waals surface area contributed by atoms with E-state index in [1.54, 1.807) is 0 Å². The molecule has 0 aromatic heterocycles. The topological polar surface area (TPSA) is 15.3 Å². The van der Waals surface area contributed by atoms with Crippen LogP contribution in [0.3, 0.4) is 0 Å². The molecule has 1 aromatic rings. The summed E-state index contributed by atoms with van der Waals surface area (Å²) in [5.41, 5.74) is 0. The van der Waals surface area contributed by atoms with Crippen molar-refractivity contribution in [3.05, 3.63) is 29.3 Å². The van der Waals surface area contributed by atoms with Gasteiger partial charge in [-0.15, -0.1) is 24.2 Å². The van der Waals surface area contributed by atoms with E-state index in [1.807, 2.05) is 23.9 Å². The highest BCUT2D eigenvalue weighted by molar-refractivity contribution is 7.99. The fourth-order valence-corrected chi connectivity index (χ4v) is 3.04. The summed E-state index contributed by atoms with van der Waals surface area (Å²) in [4.78, 5) is 3.86. The zero-order chi connectivity index (χ0) is 12.1. The van der Waals surface area contributed by atoms with Gasteiger partial charge in [-0.05, 0) is 31.2 Å². The van der Waals surface area contributed by atoms with Gasteiger partial charge in [0.25, 0.3) is 0 Å². The van der Waals surface area contributed by atoms with Crippen molar-refractivity contribution >= 4 is 35.8 Å². The second-order valence-electron chi connectivity index (χ2n) is 4.39. The molecule has 0 spiro atoms. The minimum absolute atomic E-state index is 0. The van der Waals surface area contributed by atoms with E-state index >= 15 is 0 Å². The summed E-state index contributed by atoms with van der Waals surface area (Å²) >= 11 is 7.77. The molecule has 18 heavy (non-hydrogen) atoms. The molecule has 102 valence electrons. The van der Waals surface area contributed by atoms with Gasteiger partial charge in [-0.3, -0.25) is 4.90 Å². The van der Waals surface area contributed by atoms with E-state index in [-0.39, 0.29) is 12.4 Å². The molecule has 1 aliphatic heterocycles. The average Bonchev–Trinajstić information content (AvgIpc) is 2.34. The van der Waals surface area contributed by atoms with Gasteiger partial charge >= 0.3 is 0 Å². The molecule has 5 heteroatoms. The minimum atomic E-state index is 0. The number of thioether (sulfide) groups is 1. The van der Waals surface area contributed by atoms with Crippen LogP contribution in [0.25, 0.3) is 0 Å². The minimum Gasteiger partial charge on any atom is -0.314 e. The van der Waals surface area contributed by atoms with Crippen molar-refractivity contribution in [2.45, 2.75) is 17.9 Å². The van der Waals surface area contributed by atoms with Crippen LogP contribution in [0.4, 0.5) is 0 Å². The molecule has 0 radical (unpaired) electrons. The SMILES string of the molecule is C[C@H]1CNCCN1CCSc1ccc(Cl)cc1.Cl. The first kappa shape index (κ1) is 16.1. The van der Waals surface area contributed by atoms with Crippen LogP contribution in [-0.4, -0.2) is 42.9 Å². The number of nitrogens with zero attached hydrogens (tertiary/aromatic N) is 1. The van der Waals surface area contributed by atoms with E-state index in [1.165, 1.54) is 11.4 Å². The summed E-state index contributed by atoms with van der Waals surface area (Å²) in [6, 6.07) is 8.76. The Morgan fingerprint density at radius 3 is 2.78 bits per heavy atom. The summed E-state index contributed by atoms with van der Waals surface area (Å²) in [5.74, 6) is 1.14. The number of halogens is 2. The van der Waals surface area contributed by atoms with Crippen LogP contribution in [0, 0.1) is 0 Å². The molecule has 1 N–H and O–H groups in total. The fraction of sp³-hybridized carbons (Fsp3) is 0.538. The molecule has 0 unspecified atom stereocenters. The lowest BCUT2D eigenvalue weighted by Crippen LogP contribution is -2.50. The normalized spacial score (nSPS) is 20.4. The van der Waals surface area contributed by atoms with Gasteiger partial charge in [-0.25, -0.2) is 0 Å². The number of hydrogen-bond acceptors (Lipinski definition) is 3. The summed E-state index contributed by atoms with van der Waals surface area (Å²) in [7, 11) is 0. The zero-order valence-electron chi connectivity index (χ0n) is 10.6. The van der Waals surface area contributed by atoms with Gasteiger partial charge in [-0.2, -0.15) is 0 Å². The van der Waals surface area contributed by atoms with Crippen LogP contribution >= 0.6 is 35.8 Å². The molecule has 2 nitrogen and oxygen atoms in total. The molecule has 1 heterocycles. The highest BCUT2D eigenvalue weighted by Crippen LogP contribution is 2.20. The second-order valence-corrected chi connectivity index (χ2v) is 6.00. The maximum Gasteiger partial charge on any atom is 0.0406 e. The Kier molecular flexibility index (Phi) is 7.42. The zero-order valence-corrected chi connectivity index (χ0v) is 13.0. The summed E-state index contributed by atoms with van der Waals surface area (Å²) in [6.45, 7) is 6.86. The third-order valence-electron chi connectivity index (χ3n) is 3.10. The van der Waals surface area contributed by atoms with Crippen molar-refractivity contribution in [1.82, 2.24) is 10.2 Å². The van der Waals surface area contributed by atoms with Crippen molar-refractivity contribution in [3.8, 4) is 0 Å². The Hall–Kier alpha value is 0.0700. The Labute approximate surface area is 125 Å². The molecule has 1 aliphatic rings. The molecule has 0 amide bonds. The molecule has 2 rings (SSSR count). The average molecular weight is 307 g/mol. The number of benzene rings is 1. The van der Waals surface area contributed by atoms with Crippen molar-refractivity contribution in [2.75, 3.05) is 31.9 Å². The third-order valence-corrected chi connectivity index (χ3v) is 4.34. The number of nitrogens with one attached hydrogen (secondary N) is 1. The van der Waals surface area contributed by atoms with Gasteiger partial charge in [0, 0.05) is 47.9 Å². The number of hydrogen-bond donors (Lipinski definition) is 1. The second kappa shape index (κ2) is 8.28. The van der Waals surface area contributed by atoms with E-state index in [0.29, 0.717) is 6.04 Å². The number of rotatable bonds is 4. The first-order valence-electron chi connectivity index (χ1n) is 6.09. The van der Waals surface area contributed by atoms with Crippen LogP contribution in [0.5, 0.6) is 0 Å².